The number of carbonyl (C=O) groups is 4. The number of hydrogen-bond acceptors (Lipinski definition) is 6. The van der Waals surface area contributed by atoms with Gasteiger partial charge in [0.25, 0.3) is 0 Å². The molecule has 2 aliphatic carbocycles. The lowest BCUT2D eigenvalue weighted by molar-refractivity contribution is -0.0210. The Morgan fingerprint density at radius 2 is 0.974 bits per heavy atom. The molecule has 0 aromatic heterocycles. The molecule has 0 saturated carbocycles. The fourth-order valence-electron chi connectivity index (χ4n) is 6.62. The van der Waals surface area contributed by atoms with Crippen molar-refractivity contribution in [3.05, 3.63) is 137 Å². The summed E-state index contributed by atoms with van der Waals surface area (Å²) in [5, 5.41) is 10.0. The van der Waals surface area contributed by atoms with Crippen LogP contribution in [0.4, 0.5) is 0 Å². The van der Waals surface area contributed by atoms with Crippen molar-refractivity contribution < 1.29 is 29.0 Å². The van der Waals surface area contributed by atoms with Crippen molar-refractivity contribution in [1.29, 1.82) is 0 Å². The summed E-state index contributed by atoms with van der Waals surface area (Å²) in [5.41, 5.74) is -2.31. The topological polar surface area (TPSA) is 97.7 Å². The molecule has 3 aliphatic rings. The van der Waals surface area contributed by atoms with Crippen molar-refractivity contribution in [3.63, 3.8) is 0 Å². The first-order valence-corrected chi connectivity index (χ1v) is 12.3. The Hall–Kier alpha value is -4.68. The molecule has 0 bridgehead atoms. The van der Waals surface area contributed by atoms with E-state index in [-0.39, 0.29) is 28.0 Å². The van der Waals surface area contributed by atoms with Gasteiger partial charge in [0, 0.05) is 22.3 Å². The maximum atomic E-state index is 14.5. The summed E-state index contributed by atoms with van der Waals surface area (Å²) >= 11 is 0. The number of aromatic hydroxyl groups is 1. The van der Waals surface area contributed by atoms with Crippen molar-refractivity contribution in [1.82, 2.24) is 0 Å². The summed E-state index contributed by atoms with van der Waals surface area (Å²) in [6.45, 7) is 0. The van der Waals surface area contributed by atoms with Crippen LogP contribution in [-0.2, 0) is 4.74 Å². The van der Waals surface area contributed by atoms with Crippen molar-refractivity contribution in [3.8, 4) is 5.75 Å². The third-order valence-corrected chi connectivity index (χ3v) is 8.17. The van der Waals surface area contributed by atoms with Crippen LogP contribution in [0.3, 0.4) is 0 Å². The first-order valence-electron chi connectivity index (χ1n) is 12.3. The van der Waals surface area contributed by atoms with E-state index < -0.39 is 46.2 Å². The van der Waals surface area contributed by atoms with Gasteiger partial charge in [-0.2, -0.15) is 0 Å². The lowest BCUT2D eigenvalue weighted by Gasteiger charge is -2.34. The quantitative estimate of drug-likeness (QED) is 0.383. The minimum Gasteiger partial charge on any atom is -0.508 e. The van der Waals surface area contributed by atoms with Crippen LogP contribution < -0.4 is 0 Å². The summed E-state index contributed by atoms with van der Waals surface area (Å²) in [7, 11) is 0. The van der Waals surface area contributed by atoms with Gasteiger partial charge in [-0.1, -0.05) is 91.0 Å². The van der Waals surface area contributed by atoms with Gasteiger partial charge in [0.1, 0.15) is 17.3 Å². The molecule has 1 heterocycles. The number of phenolic OH excluding ortho intramolecular Hbond substituents is 1. The maximum Gasteiger partial charge on any atom is 0.204 e. The van der Waals surface area contributed by atoms with Crippen LogP contribution in [0, 0.1) is 5.41 Å². The number of fused-ring (bicyclic) bond motifs is 2. The van der Waals surface area contributed by atoms with E-state index in [1.807, 2.05) is 0 Å². The number of hydrogen-bond donors (Lipinski definition) is 1. The Kier molecular flexibility index (Phi) is 4.54. The summed E-state index contributed by atoms with van der Waals surface area (Å²) in [5.74, 6) is -3.44. The van der Waals surface area contributed by atoms with Gasteiger partial charge in [-0.25, -0.2) is 0 Å². The third kappa shape index (κ3) is 2.55. The molecule has 4 aromatic carbocycles. The molecule has 1 N–H and O–H groups in total. The summed E-state index contributed by atoms with van der Waals surface area (Å²) in [4.78, 5) is 57.6. The van der Waals surface area contributed by atoms with Gasteiger partial charge in [0.05, 0.1) is 5.92 Å². The van der Waals surface area contributed by atoms with Crippen molar-refractivity contribution in [2.75, 3.05) is 0 Å². The van der Waals surface area contributed by atoms with Gasteiger partial charge < -0.3 is 9.84 Å². The van der Waals surface area contributed by atoms with E-state index in [0.717, 1.165) is 0 Å². The van der Waals surface area contributed by atoms with E-state index in [1.54, 1.807) is 91.0 Å². The normalized spacial score (nSPS) is 22.3. The van der Waals surface area contributed by atoms with Gasteiger partial charge in [0.2, 0.25) is 17.2 Å². The van der Waals surface area contributed by atoms with Crippen LogP contribution in [-0.4, -0.2) is 33.8 Å². The maximum absolute atomic E-state index is 14.5. The van der Waals surface area contributed by atoms with Crippen molar-refractivity contribution in [2.24, 2.45) is 5.41 Å². The van der Waals surface area contributed by atoms with Gasteiger partial charge in [-0.3, -0.25) is 19.2 Å². The Bertz CT molecular complexity index is 1610. The third-order valence-electron chi connectivity index (χ3n) is 8.17. The lowest BCUT2D eigenvalue weighted by Crippen LogP contribution is -2.51. The molecular weight excluding hydrogens is 480 g/mol. The molecular formula is C32H20O6. The van der Waals surface area contributed by atoms with Crippen molar-refractivity contribution in [2.45, 2.75) is 17.6 Å². The fourth-order valence-corrected chi connectivity index (χ4v) is 6.62. The number of ether oxygens (including phenoxy) is 1. The Labute approximate surface area is 217 Å². The molecule has 2 spiro atoms. The zero-order valence-electron chi connectivity index (χ0n) is 20.0. The molecule has 7 rings (SSSR count). The second-order valence-corrected chi connectivity index (χ2v) is 9.95. The van der Waals surface area contributed by atoms with Crippen LogP contribution in [0.1, 0.15) is 64.6 Å². The molecule has 0 radical (unpaired) electrons. The van der Waals surface area contributed by atoms with Crippen LogP contribution in [0.5, 0.6) is 5.75 Å². The highest BCUT2D eigenvalue weighted by Crippen LogP contribution is 2.67. The molecule has 38 heavy (non-hydrogen) atoms. The first-order chi connectivity index (χ1) is 18.4. The highest BCUT2D eigenvalue weighted by Gasteiger charge is 2.79. The zero-order chi connectivity index (χ0) is 26.2. The van der Waals surface area contributed by atoms with Crippen LogP contribution in [0.25, 0.3) is 0 Å². The molecule has 4 aromatic rings. The second kappa shape index (κ2) is 7.66. The monoisotopic (exact) mass is 500 g/mol. The Morgan fingerprint density at radius 3 is 1.47 bits per heavy atom. The number of phenols is 1. The molecule has 6 heteroatoms. The second-order valence-electron chi connectivity index (χ2n) is 9.95. The smallest absolute Gasteiger partial charge is 0.204 e. The van der Waals surface area contributed by atoms with Gasteiger partial charge in [-0.15, -0.1) is 0 Å². The number of carbonyl (C=O) groups excluding carboxylic acids is 4. The van der Waals surface area contributed by atoms with Crippen molar-refractivity contribution >= 4 is 23.1 Å². The molecule has 1 saturated heterocycles. The number of rotatable bonds is 2. The summed E-state index contributed by atoms with van der Waals surface area (Å²) in [6, 6.07) is 27.8. The largest absolute Gasteiger partial charge is 0.508 e. The Balaban J connectivity index is 1.59. The number of ketones is 4. The molecule has 0 amide bonds. The fraction of sp³-hybridized carbons (Fsp3) is 0.125. The minimum atomic E-state index is -2.14. The van der Waals surface area contributed by atoms with E-state index in [4.69, 9.17) is 4.74 Å². The van der Waals surface area contributed by atoms with Crippen LogP contribution in [0.15, 0.2) is 103 Å². The number of Topliss-reactive ketones (excluding diaryl/α,β-unsaturated/α-hetero) is 4. The molecule has 6 nitrogen and oxygen atoms in total. The lowest BCUT2D eigenvalue weighted by atomic mass is 9.60. The first kappa shape index (κ1) is 22.5. The van der Waals surface area contributed by atoms with E-state index in [9.17, 15) is 24.3 Å². The van der Waals surface area contributed by atoms with Crippen LogP contribution >= 0.6 is 0 Å². The van der Waals surface area contributed by atoms with Gasteiger partial charge >= 0.3 is 0 Å². The average molecular weight is 501 g/mol. The van der Waals surface area contributed by atoms with E-state index in [2.05, 4.69) is 0 Å². The van der Waals surface area contributed by atoms with E-state index >= 15 is 0 Å². The van der Waals surface area contributed by atoms with E-state index in [0.29, 0.717) is 11.1 Å². The average Bonchev–Trinajstić information content (AvgIpc) is 3.48. The predicted octanol–water partition coefficient (Wildman–Crippen LogP) is 5.13. The number of benzene rings is 4. The minimum absolute atomic E-state index is 0.0323. The molecule has 1 aliphatic heterocycles. The Morgan fingerprint density at radius 1 is 0.526 bits per heavy atom. The summed E-state index contributed by atoms with van der Waals surface area (Å²) in [6.07, 6.45) is -1.21. The predicted molar refractivity (Wildman–Crippen MR) is 136 cm³/mol. The molecule has 2 unspecified atom stereocenters. The molecule has 184 valence electrons. The zero-order valence-corrected chi connectivity index (χ0v) is 20.0. The van der Waals surface area contributed by atoms with Crippen LogP contribution in [0.2, 0.25) is 0 Å². The standard InChI is InChI=1S/C32H20O6/c33-20-16-14-18(15-17-20)25-31(26(34)21-10-4-5-11-22(21)27(31)35)30(19-8-2-1-3-9-19)38-32(25)28(36)23-12-6-7-13-24(23)29(32)37/h1-17,25,30,33H. The SMILES string of the molecule is O=C1c2ccccc2C(=O)C12OC(c1ccccc1)C1(C(=O)c3ccccc3C1=O)C2c1ccc(O)cc1. The molecule has 1 fully saturated rings. The highest BCUT2D eigenvalue weighted by atomic mass is 16.5. The highest BCUT2D eigenvalue weighted by molar-refractivity contribution is 6.37. The van der Waals surface area contributed by atoms with Gasteiger partial charge in [0.15, 0.2) is 11.6 Å². The van der Waals surface area contributed by atoms with E-state index in [1.165, 1.54) is 12.1 Å². The summed E-state index contributed by atoms with van der Waals surface area (Å²) < 4.78 is 6.61. The molecule has 2 atom stereocenters. The van der Waals surface area contributed by atoms with Gasteiger partial charge in [-0.05, 0) is 23.3 Å².